The number of nitro benzene ring substituents is 1. The van der Waals surface area contributed by atoms with E-state index in [1.54, 1.807) is 12.1 Å². The van der Waals surface area contributed by atoms with Gasteiger partial charge in [-0.1, -0.05) is 19.9 Å². The Kier molecular flexibility index (Phi) is 4.60. The molecule has 1 fully saturated rings. The quantitative estimate of drug-likeness (QED) is 0.519. The standard InChI is InChI=1S/C15H22N2O3/c1-10-5-11(2)7-13(6-10)20-9-12-3-4-14(16)15(8-12)17(18)19/h3-4,8,10-11,13H,5-7,9,16H2,1-2H3. The molecule has 5 heteroatoms. The van der Waals surface area contributed by atoms with E-state index in [1.165, 1.54) is 12.5 Å². The number of benzene rings is 1. The van der Waals surface area contributed by atoms with Gasteiger partial charge in [0.1, 0.15) is 5.69 Å². The van der Waals surface area contributed by atoms with Crippen LogP contribution in [0.3, 0.4) is 0 Å². The van der Waals surface area contributed by atoms with Gasteiger partial charge in [-0.15, -0.1) is 0 Å². The third-order valence-electron chi connectivity index (χ3n) is 3.91. The van der Waals surface area contributed by atoms with Gasteiger partial charge >= 0.3 is 0 Å². The molecule has 2 N–H and O–H groups in total. The zero-order valence-electron chi connectivity index (χ0n) is 12.0. The summed E-state index contributed by atoms with van der Waals surface area (Å²) in [4.78, 5) is 10.4. The van der Waals surface area contributed by atoms with E-state index in [2.05, 4.69) is 13.8 Å². The Morgan fingerprint density at radius 2 is 1.95 bits per heavy atom. The number of rotatable bonds is 4. The van der Waals surface area contributed by atoms with Crippen LogP contribution < -0.4 is 5.73 Å². The Bertz CT molecular complexity index is 480. The van der Waals surface area contributed by atoms with Crippen LogP contribution in [-0.4, -0.2) is 11.0 Å². The number of nitrogens with two attached hydrogens (primary N) is 1. The normalized spacial score (nSPS) is 26.4. The molecule has 2 unspecified atom stereocenters. The Morgan fingerprint density at radius 3 is 2.55 bits per heavy atom. The molecule has 0 spiro atoms. The van der Waals surface area contributed by atoms with Gasteiger partial charge in [-0.3, -0.25) is 10.1 Å². The van der Waals surface area contributed by atoms with Crippen molar-refractivity contribution in [1.29, 1.82) is 0 Å². The molecule has 1 aromatic rings. The highest BCUT2D eigenvalue weighted by atomic mass is 16.6. The van der Waals surface area contributed by atoms with Crippen LogP contribution in [-0.2, 0) is 11.3 Å². The first-order valence-corrected chi connectivity index (χ1v) is 7.10. The van der Waals surface area contributed by atoms with Gasteiger partial charge in [0.25, 0.3) is 5.69 Å². The fourth-order valence-electron chi connectivity index (χ4n) is 3.06. The molecule has 110 valence electrons. The first kappa shape index (κ1) is 14.8. The van der Waals surface area contributed by atoms with Crippen molar-refractivity contribution in [1.82, 2.24) is 0 Å². The van der Waals surface area contributed by atoms with Crippen LogP contribution in [0.5, 0.6) is 0 Å². The van der Waals surface area contributed by atoms with E-state index < -0.39 is 4.92 Å². The molecule has 0 bridgehead atoms. The van der Waals surface area contributed by atoms with Crippen LogP contribution in [0.25, 0.3) is 0 Å². The second kappa shape index (κ2) is 6.22. The summed E-state index contributed by atoms with van der Waals surface area (Å²) in [6, 6.07) is 4.87. The molecule has 1 aliphatic carbocycles. The monoisotopic (exact) mass is 278 g/mol. The SMILES string of the molecule is CC1CC(C)CC(OCc2ccc(N)c([N+](=O)[O-])c2)C1. The number of nitrogen functional groups attached to an aromatic ring is 1. The average molecular weight is 278 g/mol. The van der Waals surface area contributed by atoms with Crippen LogP contribution in [0.1, 0.15) is 38.7 Å². The summed E-state index contributed by atoms with van der Waals surface area (Å²) in [5.74, 6) is 1.37. The van der Waals surface area contributed by atoms with Crippen molar-refractivity contribution in [2.24, 2.45) is 11.8 Å². The van der Waals surface area contributed by atoms with Gasteiger partial charge < -0.3 is 10.5 Å². The maximum absolute atomic E-state index is 10.9. The van der Waals surface area contributed by atoms with E-state index in [0.717, 1.165) is 18.4 Å². The maximum atomic E-state index is 10.9. The molecule has 5 nitrogen and oxygen atoms in total. The maximum Gasteiger partial charge on any atom is 0.292 e. The molecule has 0 heterocycles. The van der Waals surface area contributed by atoms with Crippen LogP contribution in [0.15, 0.2) is 18.2 Å². The molecule has 0 amide bonds. The third-order valence-corrected chi connectivity index (χ3v) is 3.91. The zero-order valence-corrected chi connectivity index (χ0v) is 12.0. The lowest BCUT2D eigenvalue weighted by Gasteiger charge is -2.31. The summed E-state index contributed by atoms with van der Waals surface area (Å²) in [5.41, 5.74) is 6.53. The Balaban J connectivity index is 1.97. The smallest absolute Gasteiger partial charge is 0.292 e. The fraction of sp³-hybridized carbons (Fsp3) is 0.600. The summed E-state index contributed by atoms with van der Waals surface area (Å²) in [5, 5.41) is 10.9. The Labute approximate surface area is 119 Å². The van der Waals surface area contributed by atoms with Gasteiger partial charge in [0.15, 0.2) is 0 Å². The Morgan fingerprint density at radius 1 is 1.30 bits per heavy atom. The van der Waals surface area contributed by atoms with Crippen molar-refractivity contribution < 1.29 is 9.66 Å². The van der Waals surface area contributed by atoms with Gasteiger partial charge in [-0.25, -0.2) is 0 Å². The number of nitrogens with zero attached hydrogens (tertiary/aromatic N) is 1. The number of hydrogen-bond donors (Lipinski definition) is 1. The van der Waals surface area contributed by atoms with Crippen molar-refractivity contribution in [3.8, 4) is 0 Å². The van der Waals surface area contributed by atoms with Crippen molar-refractivity contribution in [2.75, 3.05) is 5.73 Å². The van der Waals surface area contributed by atoms with Gasteiger partial charge in [0.05, 0.1) is 17.6 Å². The second-order valence-electron chi connectivity index (χ2n) is 6.00. The summed E-state index contributed by atoms with van der Waals surface area (Å²) in [7, 11) is 0. The molecule has 1 aromatic carbocycles. The average Bonchev–Trinajstić information content (AvgIpc) is 2.36. The number of nitro groups is 1. The summed E-state index contributed by atoms with van der Waals surface area (Å²) in [6.07, 6.45) is 3.65. The summed E-state index contributed by atoms with van der Waals surface area (Å²) < 4.78 is 5.92. The van der Waals surface area contributed by atoms with Crippen molar-refractivity contribution in [2.45, 2.75) is 45.8 Å². The first-order valence-electron chi connectivity index (χ1n) is 7.10. The van der Waals surface area contributed by atoms with E-state index in [9.17, 15) is 10.1 Å². The highest BCUT2D eigenvalue weighted by Gasteiger charge is 2.24. The van der Waals surface area contributed by atoms with E-state index in [4.69, 9.17) is 10.5 Å². The number of anilines is 1. The van der Waals surface area contributed by atoms with Crippen LogP contribution in [0, 0.1) is 22.0 Å². The predicted octanol–water partition coefficient (Wildman–Crippen LogP) is 3.52. The lowest BCUT2D eigenvalue weighted by molar-refractivity contribution is -0.384. The predicted molar refractivity (Wildman–Crippen MR) is 78.3 cm³/mol. The van der Waals surface area contributed by atoms with Crippen LogP contribution in [0.2, 0.25) is 0 Å². The van der Waals surface area contributed by atoms with E-state index in [-0.39, 0.29) is 17.5 Å². The van der Waals surface area contributed by atoms with Gasteiger partial charge in [0, 0.05) is 6.07 Å². The van der Waals surface area contributed by atoms with Crippen LogP contribution >= 0.6 is 0 Å². The van der Waals surface area contributed by atoms with E-state index >= 15 is 0 Å². The van der Waals surface area contributed by atoms with Crippen LogP contribution in [0.4, 0.5) is 11.4 Å². The zero-order chi connectivity index (χ0) is 14.7. The molecule has 2 rings (SSSR count). The first-order chi connectivity index (χ1) is 9.45. The van der Waals surface area contributed by atoms with Crippen molar-refractivity contribution in [3.63, 3.8) is 0 Å². The topological polar surface area (TPSA) is 78.4 Å². The van der Waals surface area contributed by atoms with Gasteiger partial charge in [-0.05, 0) is 42.7 Å². The lowest BCUT2D eigenvalue weighted by atomic mass is 9.82. The van der Waals surface area contributed by atoms with Crippen molar-refractivity contribution in [3.05, 3.63) is 33.9 Å². The highest BCUT2D eigenvalue weighted by molar-refractivity contribution is 5.59. The third kappa shape index (κ3) is 3.70. The molecule has 0 saturated heterocycles. The van der Waals surface area contributed by atoms with Gasteiger partial charge in [-0.2, -0.15) is 0 Å². The molecular weight excluding hydrogens is 256 g/mol. The number of ether oxygens (including phenoxy) is 1. The highest BCUT2D eigenvalue weighted by Crippen LogP contribution is 2.31. The summed E-state index contributed by atoms with van der Waals surface area (Å²) in [6.45, 7) is 4.91. The molecule has 20 heavy (non-hydrogen) atoms. The lowest BCUT2D eigenvalue weighted by Crippen LogP contribution is -2.26. The molecule has 1 saturated carbocycles. The number of hydrogen-bond acceptors (Lipinski definition) is 4. The minimum Gasteiger partial charge on any atom is -0.393 e. The molecule has 0 aromatic heterocycles. The van der Waals surface area contributed by atoms with Gasteiger partial charge in [0.2, 0.25) is 0 Å². The molecule has 0 radical (unpaired) electrons. The Hall–Kier alpha value is -1.62. The molecular formula is C15H22N2O3. The second-order valence-corrected chi connectivity index (χ2v) is 6.00. The summed E-state index contributed by atoms with van der Waals surface area (Å²) >= 11 is 0. The molecule has 2 atom stereocenters. The molecule has 1 aliphatic rings. The minimum absolute atomic E-state index is 0.0449. The van der Waals surface area contributed by atoms with E-state index in [1.807, 2.05) is 0 Å². The van der Waals surface area contributed by atoms with Crippen molar-refractivity contribution >= 4 is 11.4 Å². The largest absolute Gasteiger partial charge is 0.393 e. The van der Waals surface area contributed by atoms with E-state index in [0.29, 0.717) is 18.4 Å². The fourth-order valence-corrected chi connectivity index (χ4v) is 3.06. The minimum atomic E-state index is -0.455. The molecule has 0 aliphatic heterocycles.